The third-order valence-corrected chi connectivity index (χ3v) is 5.86. The first-order chi connectivity index (χ1) is 16.7. The van der Waals surface area contributed by atoms with Crippen LogP contribution in [-0.2, 0) is 11.4 Å². The molecule has 4 aromatic rings. The van der Waals surface area contributed by atoms with E-state index in [0.717, 1.165) is 41.1 Å². The maximum atomic E-state index is 12.8. The maximum Gasteiger partial charge on any atom is 0.221 e. The number of fused-ring (bicyclic) bond motifs is 1. The van der Waals surface area contributed by atoms with E-state index >= 15 is 0 Å². The van der Waals surface area contributed by atoms with Crippen molar-refractivity contribution in [2.75, 3.05) is 13.7 Å². The number of aromatic nitrogens is 2. The Morgan fingerprint density at radius 2 is 1.94 bits per heavy atom. The van der Waals surface area contributed by atoms with E-state index in [0.29, 0.717) is 25.3 Å². The highest BCUT2D eigenvalue weighted by Crippen LogP contribution is 2.32. The molecule has 0 spiro atoms. The number of carbonyl (C=O) groups is 1. The highest BCUT2D eigenvalue weighted by atomic mass is 16.5. The van der Waals surface area contributed by atoms with E-state index in [1.165, 1.54) is 0 Å². The summed E-state index contributed by atoms with van der Waals surface area (Å²) in [6.45, 7) is 3.26. The summed E-state index contributed by atoms with van der Waals surface area (Å²) in [7, 11) is 1.65. The van der Waals surface area contributed by atoms with Crippen LogP contribution >= 0.6 is 0 Å². The number of hydrogen-bond acceptors (Lipinski definition) is 4. The van der Waals surface area contributed by atoms with Crippen molar-refractivity contribution in [1.82, 2.24) is 14.7 Å². The monoisotopic (exact) mass is 457 g/mol. The Bertz CT molecular complexity index is 1220. The van der Waals surface area contributed by atoms with Gasteiger partial charge in [-0.1, -0.05) is 55.8 Å². The van der Waals surface area contributed by atoms with Crippen molar-refractivity contribution >= 4 is 11.6 Å². The van der Waals surface area contributed by atoms with Crippen molar-refractivity contribution in [2.45, 2.75) is 38.7 Å². The molecule has 1 atom stereocenters. The number of methoxy groups -OCH3 is 1. The first-order valence-corrected chi connectivity index (χ1v) is 11.7. The molecule has 0 bridgehead atoms. The summed E-state index contributed by atoms with van der Waals surface area (Å²) in [4.78, 5) is 17.5. The third kappa shape index (κ3) is 5.57. The van der Waals surface area contributed by atoms with Gasteiger partial charge < -0.3 is 19.2 Å². The number of amides is 1. The van der Waals surface area contributed by atoms with E-state index in [4.69, 9.17) is 9.47 Å². The maximum absolute atomic E-state index is 12.8. The van der Waals surface area contributed by atoms with E-state index in [9.17, 15) is 4.79 Å². The number of ether oxygens (including phenoxy) is 2. The Kier molecular flexibility index (Phi) is 7.81. The van der Waals surface area contributed by atoms with Crippen LogP contribution in [-0.4, -0.2) is 28.9 Å². The molecular weight excluding hydrogens is 426 g/mol. The molecule has 6 nitrogen and oxygen atoms in total. The van der Waals surface area contributed by atoms with Gasteiger partial charge in [0.25, 0.3) is 0 Å². The Morgan fingerprint density at radius 1 is 1.09 bits per heavy atom. The summed E-state index contributed by atoms with van der Waals surface area (Å²) in [5, 5.41) is 3.05. The molecule has 1 N–H and O–H groups in total. The number of rotatable bonds is 11. The van der Waals surface area contributed by atoms with Crippen LogP contribution in [0.25, 0.3) is 5.65 Å². The molecule has 0 saturated carbocycles. The van der Waals surface area contributed by atoms with Crippen LogP contribution in [0.5, 0.6) is 11.5 Å². The molecule has 6 heteroatoms. The van der Waals surface area contributed by atoms with Gasteiger partial charge in [0, 0.05) is 31.3 Å². The van der Waals surface area contributed by atoms with E-state index in [1.54, 1.807) is 7.11 Å². The second kappa shape index (κ2) is 11.4. The van der Waals surface area contributed by atoms with Crippen molar-refractivity contribution in [2.24, 2.45) is 0 Å². The zero-order chi connectivity index (χ0) is 23.8. The highest BCUT2D eigenvalue weighted by Gasteiger charge is 2.23. The van der Waals surface area contributed by atoms with Gasteiger partial charge in [-0.05, 0) is 41.8 Å². The summed E-state index contributed by atoms with van der Waals surface area (Å²) >= 11 is 0. The molecule has 0 aliphatic rings. The first kappa shape index (κ1) is 23.4. The van der Waals surface area contributed by atoms with Crippen LogP contribution in [0.3, 0.4) is 0 Å². The van der Waals surface area contributed by atoms with Gasteiger partial charge in [0.15, 0.2) is 11.4 Å². The molecule has 34 heavy (non-hydrogen) atoms. The van der Waals surface area contributed by atoms with Crippen molar-refractivity contribution in [1.29, 1.82) is 0 Å². The van der Waals surface area contributed by atoms with Gasteiger partial charge in [0.05, 0.1) is 12.8 Å². The lowest BCUT2D eigenvalue weighted by Crippen LogP contribution is -2.26. The van der Waals surface area contributed by atoms with Crippen molar-refractivity contribution in [3.63, 3.8) is 0 Å². The molecule has 1 amide bonds. The number of hydrogen-bond donors (Lipinski definition) is 1. The average molecular weight is 458 g/mol. The molecule has 2 aromatic carbocycles. The number of nitrogens with zero attached hydrogens (tertiary/aromatic N) is 2. The topological polar surface area (TPSA) is 64.9 Å². The smallest absolute Gasteiger partial charge is 0.221 e. The Labute approximate surface area is 200 Å². The van der Waals surface area contributed by atoms with E-state index < -0.39 is 0 Å². The van der Waals surface area contributed by atoms with Crippen molar-refractivity contribution in [3.05, 3.63) is 95.9 Å². The van der Waals surface area contributed by atoms with Crippen LogP contribution in [0.4, 0.5) is 0 Å². The van der Waals surface area contributed by atoms with Gasteiger partial charge in [-0.2, -0.15) is 0 Å². The lowest BCUT2D eigenvalue weighted by molar-refractivity contribution is -0.121. The lowest BCUT2D eigenvalue weighted by atomic mass is 9.92. The number of imidazole rings is 1. The molecule has 2 heterocycles. The van der Waals surface area contributed by atoms with Gasteiger partial charge in [-0.25, -0.2) is 4.98 Å². The van der Waals surface area contributed by atoms with Crippen LogP contribution in [0.15, 0.2) is 79.1 Å². The summed E-state index contributed by atoms with van der Waals surface area (Å²) in [6, 6.07) is 21.8. The number of benzene rings is 2. The SMILES string of the molecule is CCCCNC(=O)CC(c1cccc(OC)c1)c1cnc2c(OCc3ccccc3)cccn12. The predicted molar refractivity (Wildman–Crippen MR) is 133 cm³/mol. The highest BCUT2D eigenvalue weighted by molar-refractivity contribution is 5.77. The fourth-order valence-electron chi connectivity index (χ4n) is 4.02. The molecule has 4 rings (SSSR count). The Morgan fingerprint density at radius 3 is 2.74 bits per heavy atom. The van der Waals surface area contributed by atoms with Gasteiger partial charge in [-0.3, -0.25) is 4.79 Å². The van der Waals surface area contributed by atoms with E-state index in [1.807, 2.05) is 83.5 Å². The standard InChI is InChI=1S/C28H31N3O3/c1-3-4-15-29-27(32)18-24(22-12-8-13-23(17-22)33-2)25-19-30-28-26(14-9-16-31(25)28)34-20-21-10-6-5-7-11-21/h5-14,16-17,19,24H,3-4,15,18,20H2,1-2H3,(H,29,32). The van der Waals surface area contributed by atoms with Crippen molar-refractivity contribution < 1.29 is 14.3 Å². The van der Waals surface area contributed by atoms with Crippen molar-refractivity contribution in [3.8, 4) is 11.5 Å². The molecule has 2 aromatic heterocycles. The predicted octanol–water partition coefficient (Wildman–Crippen LogP) is 5.36. The number of nitrogens with one attached hydrogen (secondary N) is 1. The summed E-state index contributed by atoms with van der Waals surface area (Å²) in [5.74, 6) is 1.30. The van der Waals surface area contributed by atoms with Gasteiger partial charge in [0.2, 0.25) is 5.91 Å². The average Bonchev–Trinajstić information content (AvgIpc) is 3.31. The minimum atomic E-state index is -0.184. The van der Waals surface area contributed by atoms with E-state index in [-0.39, 0.29) is 11.8 Å². The normalized spacial score (nSPS) is 11.8. The number of unbranched alkanes of at least 4 members (excludes halogenated alkanes) is 1. The van der Waals surface area contributed by atoms with E-state index in [2.05, 4.69) is 17.2 Å². The molecule has 0 aliphatic carbocycles. The Balaban J connectivity index is 1.65. The van der Waals surface area contributed by atoms with Crippen LogP contribution in [0, 0.1) is 0 Å². The minimum absolute atomic E-state index is 0.0210. The number of carbonyl (C=O) groups excluding carboxylic acids is 1. The second-order valence-electron chi connectivity index (χ2n) is 8.26. The third-order valence-electron chi connectivity index (χ3n) is 5.86. The summed E-state index contributed by atoms with van der Waals surface area (Å²) < 4.78 is 13.6. The molecule has 0 saturated heterocycles. The summed E-state index contributed by atoms with van der Waals surface area (Å²) in [6.07, 6.45) is 6.13. The minimum Gasteiger partial charge on any atom is -0.497 e. The largest absolute Gasteiger partial charge is 0.497 e. The van der Waals surface area contributed by atoms with Crippen LogP contribution < -0.4 is 14.8 Å². The lowest BCUT2D eigenvalue weighted by Gasteiger charge is -2.18. The van der Waals surface area contributed by atoms with Crippen LogP contribution in [0.2, 0.25) is 0 Å². The van der Waals surface area contributed by atoms with Gasteiger partial charge in [-0.15, -0.1) is 0 Å². The number of pyridine rings is 1. The second-order valence-corrected chi connectivity index (χ2v) is 8.26. The quantitative estimate of drug-likeness (QED) is 0.308. The molecule has 176 valence electrons. The van der Waals surface area contributed by atoms with Crippen LogP contribution in [0.1, 0.15) is 48.9 Å². The Hall–Kier alpha value is -3.80. The fraction of sp³-hybridized carbons (Fsp3) is 0.286. The molecule has 1 unspecified atom stereocenters. The molecular formula is C28H31N3O3. The van der Waals surface area contributed by atoms with Gasteiger partial charge in [0.1, 0.15) is 12.4 Å². The van der Waals surface area contributed by atoms with Gasteiger partial charge >= 0.3 is 0 Å². The molecule has 0 fully saturated rings. The zero-order valence-electron chi connectivity index (χ0n) is 19.7. The zero-order valence-corrected chi connectivity index (χ0v) is 19.7. The fourth-order valence-corrected chi connectivity index (χ4v) is 4.02. The summed E-state index contributed by atoms with van der Waals surface area (Å²) in [5.41, 5.74) is 3.75. The first-order valence-electron chi connectivity index (χ1n) is 11.7. The molecule has 0 radical (unpaired) electrons. The molecule has 0 aliphatic heterocycles.